The molecule has 1 aromatic carbocycles. The van der Waals surface area contributed by atoms with Crippen molar-refractivity contribution in [3.8, 4) is 0 Å². The van der Waals surface area contributed by atoms with E-state index in [2.05, 4.69) is 25.3 Å². The summed E-state index contributed by atoms with van der Waals surface area (Å²) < 4.78 is 5.16. The Morgan fingerprint density at radius 1 is 0.649 bits per heavy atom. The molecule has 0 aromatic heterocycles. The van der Waals surface area contributed by atoms with Gasteiger partial charge in [0, 0.05) is 105 Å². The van der Waals surface area contributed by atoms with E-state index < -0.39 is 6.09 Å². The Morgan fingerprint density at radius 3 is 1.62 bits per heavy atom. The van der Waals surface area contributed by atoms with Gasteiger partial charge in [-0.05, 0) is 5.56 Å². The van der Waals surface area contributed by atoms with E-state index in [0.29, 0.717) is 39.3 Å². The molecule has 0 saturated heterocycles. The van der Waals surface area contributed by atoms with Crippen LogP contribution in [0.3, 0.4) is 0 Å². The Labute approximate surface area is 222 Å². The molecule has 0 heterocycles. The number of nitrogens with one attached hydrogen (secondary N) is 2. The standard InChI is InChI=1S/C25H49N9O3/c26-7-13-32(14-8-27)18-20-34(21-19-33(15-9-28)16-10-29)17-12-30-24(35)6-11-31-25(36)37-22-23-4-2-1-3-5-23/h1-5H,6-22,26-29H2,(H,30,35)(H,31,36). The number of carbonyl (C=O) groups is 2. The Kier molecular flexibility index (Phi) is 19.2. The van der Waals surface area contributed by atoms with Crippen molar-refractivity contribution < 1.29 is 14.3 Å². The Bertz CT molecular complexity index is 680. The van der Waals surface area contributed by atoms with Crippen molar-refractivity contribution in [1.29, 1.82) is 0 Å². The lowest BCUT2D eigenvalue weighted by Crippen LogP contribution is -2.45. The van der Waals surface area contributed by atoms with Gasteiger partial charge < -0.3 is 38.3 Å². The number of rotatable bonds is 22. The summed E-state index contributed by atoms with van der Waals surface area (Å²) in [6.45, 7) is 10.6. The van der Waals surface area contributed by atoms with Crippen molar-refractivity contribution in [1.82, 2.24) is 25.3 Å². The number of benzene rings is 1. The smallest absolute Gasteiger partial charge is 0.407 e. The largest absolute Gasteiger partial charge is 0.445 e. The summed E-state index contributed by atoms with van der Waals surface area (Å²) in [6.07, 6.45) is -0.357. The molecule has 1 rings (SSSR count). The van der Waals surface area contributed by atoms with Crippen LogP contribution in [0, 0.1) is 0 Å². The molecule has 12 heteroatoms. The van der Waals surface area contributed by atoms with Crippen LogP contribution in [-0.2, 0) is 16.1 Å². The molecule has 0 fully saturated rings. The predicted molar refractivity (Wildman–Crippen MR) is 148 cm³/mol. The van der Waals surface area contributed by atoms with Crippen LogP contribution < -0.4 is 33.6 Å². The SMILES string of the molecule is NCCN(CCN)CCN(CCNC(=O)CCNC(=O)OCc1ccccc1)CCN(CCN)CCN. The molecule has 0 unspecified atom stereocenters. The highest BCUT2D eigenvalue weighted by molar-refractivity contribution is 5.76. The third-order valence-electron chi connectivity index (χ3n) is 5.83. The van der Waals surface area contributed by atoms with Gasteiger partial charge in [-0.15, -0.1) is 0 Å². The lowest BCUT2D eigenvalue weighted by atomic mass is 10.2. The monoisotopic (exact) mass is 523 g/mol. The van der Waals surface area contributed by atoms with Gasteiger partial charge >= 0.3 is 6.09 Å². The second-order valence-electron chi connectivity index (χ2n) is 8.77. The summed E-state index contributed by atoms with van der Waals surface area (Å²) >= 11 is 0. The number of hydrogen-bond donors (Lipinski definition) is 6. The van der Waals surface area contributed by atoms with Crippen molar-refractivity contribution in [3.63, 3.8) is 0 Å². The number of alkyl carbamates (subject to hydrolysis) is 1. The zero-order valence-corrected chi connectivity index (χ0v) is 22.3. The highest BCUT2D eigenvalue weighted by Gasteiger charge is 2.12. The number of ether oxygens (including phenoxy) is 1. The average Bonchev–Trinajstić information content (AvgIpc) is 2.89. The minimum atomic E-state index is -0.540. The van der Waals surface area contributed by atoms with Gasteiger partial charge in [-0.25, -0.2) is 4.79 Å². The molecule has 0 atom stereocenters. The van der Waals surface area contributed by atoms with Crippen molar-refractivity contribution in [2.75, 3.05) is 98.2 Å². The molecule has 37 heavy (non-hydrogen) atoms. The number of carbonyl (C=O) groups excluding carboxylic acids is 2. The molecule has 0 radical (unpaired) electrons. The predicted octanol–water partition coefficient (Wildman–Crippen LogP) is -1.84. The highest BCUT2D eigenvalue weighted by Crippen LogP contribution is 2.00. The average molecular weight is 524 g/mol. The molecular weight excluding hydrogens is 474 g/mol. The fourth-order valence-electron chi connectivity index (χ4n) is 3.80. The molecule has 2 amide bonds. The number of hydrogen-bond acceptors (Lipinski definition) is 10. The van der Waals surface area contributed by atoms with Gasteiger partial charge in [-0.3, -0.25) is 19.5 Å². The summed E-state index contributed by atoms with van der Waals surface area (Å²) in [4.78, 5) is 30.9. The van der Waals surface area contributed by atoms with Crippen LogP contribution in [0.15, 0.2) is 30.3 Å². The molecule has 0 aliphatic carbocycles. The van der Waals surface area contributed by atoms with Crippen LogP contribution in [0.5, 0.6) is 0 Å². The van der Waals surface area contributed by atoms with Crippen LogP contribution in [-0.4, -0.2) is 125 Å². The Hall–Kier alpha value is -2.32. The van der Waals surface area contributed by atoms with Crippen molar-refractivity contribution >= 4 is 12.0 Å². The Morgan fingerprint density at radius 2 is 1.14 bits per heavy atom. The summed E-state index contributed by atoms with van der Waals surface area (Å²) in [7, 11) is 0. The first-order chi connectivity index (χ1) is 18.0. The maximum absolute atomic E-state index is 12.3. The van der Waals surface area contributed by atoms with E-state index in [0.717, 1.165) is 57.9 Å². The van der Waals surface area contributed by atoms with Gasteiger partial charge in [-0.2, -0.15) is 0 Å². The number of nitrogens with two attached hydrogens (primary N) is 4. The molecule has 1 aromatic rings. The second kappa shape index (κ2) is 21.7. The van der Waals surface area contributed by atoms with Crippen LogP contribution in [0.4, 0.5) is 4.79 Å². The third kappa shape index (κ3) is 16.9. The zero-order chi connectivity index (χ0) is 27.1. The maximum atomic E-state index is 12.3. The first kappa shape index (κ1) is 32.7. The van der Waals surface area contributed by atoms with E-state index in [4.69, 9.17) is 27.7 Å². The maximum Gasteiger partial charge on any atom is 0.407 e. The van der Waals surface area contributed by atoms with Crippen LogP contribution in [0.25, 0.3) is 0 Å². The van der Waals surface area contributed by atoms with Gasteiger partial charge in [0.25, 0.3) is 0 Å². The molecule has 212 valence electrons. The molecule has 0 bridgehead atoms. The summed E-state index contributed by atoms with van der Waals surface area (Å²) in [6, 6.07) is 9.43. The summed E-state index contributed by atoms with van der Waals surface area (Å²) in [5.74, 6) is -0.121. The summed E-state index contributed by atoms with van der Waals surface area (Å²) in [5.41, 5.74) is 23.9. The van der Waals surface area contributed by atoms with E-state index in [9.17, 15) is 9.59 Å². The number of nitrogens with zero attached hydrogens (tertiary/aromatic N) is 3. The van der Waals surface area contributed by atoms with Gasteiger partial charge in [0.05, 0.1) is 0 Å². The van der Waals surface area contributed by atoms with E-state index in [-0.39, 0.29) is 25.5 Å². The van der Waals surface area contributed by atoms with Gasteiger partial charge in [0.15, 0.2) is 0 Å². The molecule has 0 saturated carbocycles. The van der Waals surface area contributed by atoms with Crippen molar-refractivity contribution in [2.45, 2.75) is 13.0 Å². The van der Waals surface area contributed by atoms with E-state index in [1.165, 1.54) is 0 Å². The number of amides is 2. The molecule has 10 N–H and O–H groups in total. The fraction of sp³-hybridized carbons (Fsp3) is 0.680. The lowest BCUT2D eigenvalue weighted by Gasteiger charge is -2.30. The molecule has 0 aliphatic rings. The second-order valence-corrected chi connectivity index (χ2v) is 8.77. The first-order valence-electron chi connectivity index (χ1n) is 13.2. The van der Waals surface area contributed by atoms with E-state index in [1.54, 1.807) is 0 Å². The van der Waals surface area contributed by atoms with Crippen LogP contribution in [0.1, 0.15) is 12.0 Å². The van der Waals surface area contributed by atoms with E-state index in [1.807, 2.05) is 30.3 Å². The molecule has 12 nitrogen and oxygen atoms in total. The van der Waals surface area contributed by atoms with E-state index >= 15 is 0 Å². The normalized spacial score (nSPS) is 11.3. The lowest BCUT2D eigenvalue weighted by molar-refractivity contribution is -0.121. The van der Waals surface area contributed by atoms with Crippen LogP contribution in [0.2, 0.25) is 0 Å². The third-order valence-corrected chi connectivity index (χ3v) is 5.83. The van der Waals surface area contributed by atoms with Gasteiger partial charge in [0.2, 0.25) is 5.91 Å². The van der Waals surface area contributed by atoms with Crippen molar-refractivity contribution in [3.05, 3.63) is 35.9 Å². The molecule has 0 spiro atoms. The van der Waals surface area contributed by atoms with Gasteiger partial charge in [-0.1, -0.05) is 30.3 Å². The first-order valence-corrected chi connectivity index (χ1v) is 13.2. The molecule has 0 aliphatic heterocycles. The van der Waals surface area contributed by atoms with Crippen molar-refractivity contribution in [2.24, 2.45) is 22.9 Å². The van der Waals surface area contributed by atoms with Crippen LogP contribution >= 0.6 is 0 Å². The minimum Gasteiger partial charge on any atom is -0.445 e. The topological polar surface area (TPSA) is 181 Å². The van der Waals surface area contributed by atoms with Gasteiger partial charge in [0.1, 0.15) is 6.61 Å². The Balaban J connectivity index is 2.39. The minimum absolute atomic E-state index is 0.121. The molecular formula is C25H49N9O3. The zero-order valence-electron chi connectivity index (χ0n) is 22.3. The quantitative estimate of drug-likeness (QED) is 0.101. The fourth-order valence-corrected chi connectivity index (χ4v) is 3.80. The highest BCUT2D eigenvalue weighted by atomic mass is 16.5. The summed E-state index contributed by atoms with van der Waals surface area (Å²) in [5, 5.41) is 5.55.